The van der Waals surface area contributed by atoms with E-state index < -0.39 is 6.04 Å². The minimum atomic E-state index is -0.619. The second-order valence-corrected chi connectivity index (χ2v) is 4.49. The monoisotopic (exact) mass is 298 g/mol. The van der Waals surface area contributed by atoms with Gasteiger partial charge in [-0.25, -0.2) is 10.2 Å². The summed E-state index contributed by atoms with van der Waals surface area (Å²) in [5, 5.41) is 5.40. The van der Waals surface area contributed by atoms with Crippen molar-refractivity contribution in [3.63, 3.8) is 0 Å². The molecule has 0 aliphatic carbocycles. The van der Waals surface area contributed by atoms with E-state index >= 15 is 0 Å². The highest BCUT2D eigenvalue weighted by atomic mass is 16.5. The van der Waals surface area contributed by atoms with Crippen LogP contribution in [-0.2, 0) is 27.4 Å². The highest BCUT2D eigenvalue weighted by Crippen LogP contribution is 2.05. The molecule has 0 radical (unpaired) electrons. The van der Waals surface area contributed by atoms with Gasteiger partial charge in [-0.3, -0.25) is 4.79 Å². The third-order valence-corrected chi connectivity index (χ3v) is 2.83. The number of esters is 1. The summed E-state index contributed by atoms with van der Waals surface area (Å²) in [6, 6.07) is 18.6. The van der Waals surface area contributed by atoms with Gasteiger partial charge in [0.2, 0.25) is 6.08 Å². The van der Waals surface area contributed by atoms with Crippen molar-refractivity contribution in [1.29, 1.82) is 5.41 Å². The first kappa shape index (κ1) is 17.3. The molecule has 0 fully saturated rings. The Morgan fingerprint density at radius 1 is 1.05 bits per heavy atom. The number of nitrogens with two attached hydrogens (primary N) is 1. The normalized spacial score (nSPS) is 10.6. The zero-order valence-electron chi connectivity index (χ0n) is 12.1. The summed E-state index contributed by atoms with van der Waals surface area (Å²) in [6.07, 6.45) is 1.24. The Bertz CT molecular complexity index is 594. The minimum absolute atomic E-state index is 0.266. The van der Waals surface area contributed by atoms with E-state index in [4.69, 9.17) is 20.7 Å². The smallest absolute Gasteiger partial charge is 0.323 e. The molecule has 2 aromatic rings. The number of ether oxygens (including phenoxy) is 1. The number of benzene rings is 2. The Hall–Kier alpha value is -2.75. The molecular formula is C17H18N2O3. The Morgan fingerprint density at radius 3 is 2.00 bits per heavy atom. The van der Waals surface area contributed by atoms with E-state index in [0.717, 1.165) is 17.2 Å². The van der Waals surface area contributed by atoms with Gasteiger partial charge in [-0.2, -0.15) is 0 Å². The molecule has 3 N–H and O–H groups in total. The molecule has 0 amide bonds. The lowest BCUT2D eigenvalue weighted by Gasteiger charge is -2.11. The lowest BCUT2D eigenvalue weighted by molar-refractivity contribution is -0.146. The molecule has 0 heterocycles. The van der Waals surface area contributed by atoms with Crippen LogP contribution in [0.3, 0.4) is 0 Å². The van der Waals surface area contributed by atoms with Gasteiger partial charge >= 0.3 is 5.97 Å². The fraction of sp³-hybridized carbons (Fsp3) is 0.176. The van der Waals surface area contributed by atoms with Crippen LogP contribution in [0.15, 0.2) is 60.7 Å². The molecule has 114 valence electrons. The lowest BCUT2D eigenvalue weighted by Crippen LogP contribution is -2.34. The standard InChI is InChI=1S/C16H17NO2.CHNO/c17-15(11-13-7-3-1-4-8-13)16(18)19-12-14-9-5-2-6-10-14;2-1-3/h1-10,15H,11-12,17H2;2H. The van der Waals surface area contributed by atoms with E-state index in [2.05, 4.69) is 0 Å². The van der Waals surface area contributed by atoms with Crippen molar-refractivity contribution in [2.75, 3.05) is 0 Å². The van der Waals surface area contributed by atoms with Gasteiger partial charge in [0, 0.05) is 0 Å². The molecule has 5 nitrogen and oxygen atoms in total. The maximum Gasteiger partial charge on any atom is 0.323 e. The van der Waals surface area contributed by atoms with Crippen LogP contribution < -0.4 is 5.73 Å². The van der Waals surface area contributed by atoms with Crippen LogP contribution in [0.2, 0.25) is 0 Å². The van der Waals surface area contributed by atoms with E-state index in [1.165, 1.54) is 0 Å². The van der Waals surface area contributed by atoms with Gasteiger partial charge in [0.15, 0.2) is 0 Å². The summed E-state index contributed by atoms with van der Waals surface area (Å²) in [6.45, 7) is 0.266. The Morgan fingerprint density at radius 2 is 1.50 bits per heavy atom. The number of carbonyl (C=O) groups is 1. The number of hydrogen-bond acceptors (Lipinski definition) is 5. The zero-order chi connectivity index (χ0) is 16.2. The third-order valence-electron chi connectivity index (χ3n) is 2.83. The summed E-state index contributed by atoms with van der Waals surface area (Å²) in [7, 11) is 0. The second kappa shape index (κ2) is 10.0. The van der Waals surface area contributed by atoms with E-state index in [1.807, 2.05) is 60.7 Å². The Kier molecular flexibility index (Phi) is 7.90. The molecule has 0 spiro atoms. The predicted octanol–water partition coefficient (Wildman–Crippen LogP) is 2.20. The van der Waals surface area contributed by atoms with Crippen LogP contribution in [0.5, 0.6) is 0 Å². The SMILES string of the molecule is N=C=O.NC(Cc1ccccc1)C(=O)OCc1ccccc1. The number of carbonyl (C=O) groups excluding carboxylic acids is 2. The molecule has 0 saturated carbocycles. The molecule has 1 atom stereocenters. The van der Waals surface area contributed by atoms with Crippen molar-refractivity contribution in [3.8, 4) is 0 Å². The van der Waals surface area contributed by atoms with Gasteiger partial charge in [0.25, 0.3) is 0 Å². The number of nitrogens with one attached hydrogen (secondary N) is 1. The van der Waals surface area contributed by atoms with Gasteiger partial charge in [-0.15, -0.1) is 0 Å². The van der Waals surface area contributed by atoms with Gasteiger partial charge in [0.05, 0.1) is 0 Å². The molecule has 0 aromatic heterocycles. The van der Waals surface area contributed by atoms with Crippen molar-refractivity contribution in [2.24, 2.45) is 5.73 Å². The summed E-state index contributed by atoms with van der Waals surface area (Å²) < 4.78 is 5.20. The molecule has 0 bridgehead atoms. The van der Waals surface area contributed by atoms with Crippen LogP contribution in [0.1, 0.15) is 11.1 Å². The second-order valence-electron chi connectivity index (χ2n) is 4.49. The first-order valence-corrected chi connectivity index (χ1v) is 6.71. The quantitative estimate of drug-likeness (QED) is 0.503. The van der Waals surface area contributed by atoms with Crippen molar-refractivity contribution in [2.45, 2.75) is 19.1 Å². The lowest BCUT2D eigenvalue weighted by atomic mass is 10.1. The van der Waals surface area contributed by atoms with Gasteiger partial charge in [0.1, 0.15) is 12.6 Å². The molecule has 2 aromatic carbocycles. The van der Waals surface area contributed by atoms with Crippen LogP contribution >= 0.6 is 0 Å². The third kappa shape index (κ3) is 6.61. The minimum Gasteiger partial charge on any atom is -0.460 e. The van der Waals surface area contributed by atoms with Crippen molar-refractivity contribution < 1.29 is 14.3 Å². The van der Waals surface area contributed by atoms with E-state index in [-0.39, 0.29) is 12.6 Å². The molecule has 0 saturated heterocycles. The highest BCUT2D eigenvalue weighted by Gasteiger charge is 2.15. The number of hydrogen-bond donors (Lipinski definition) is 2. The molecule has 22 heavy (non-hydrogen) atoms. The largest absolute Gasteiger partial charge is 0.460 e. The Labute approximate surface area is 129 Å². The van der Waals surface area contributed by atoms with Crippen molar-refractivity contribution in [1.82, 2.24) is 0 Å². The van der Waals surface area contributed by atoms with Crippen LogP contribution in [-0.4, -0.2) is 18.1 Å². The first-order chi connectivity index (χ1) is 10.7. The predicted molar refractivity (Wildman–Crippen MR) is 82.8 cm³/mol. The van der Waals surface area contributed by atoms with E-state index in [9.17, 15) is 4.79 Å². The van der Waals surface area contributed by atoms with Gasteiger partial charge < -0.3 is 10.5 Å². The van der Waals surface area contributed by atoms with Gasteiger partial charge in [-0.05, 0) is 17.5 Å². The molecular weight excluding hydrogens is 280 g/mol. The molecule has 1 unspecified atom stereocenters. The van der Waals surface area contributed by atoms with Gasteiger partial charge in [-0.1, -0.05) is 60.7 Å². The highest BCUT2D eigenvalue weighted by molar-refractivity contribution is 5.75. The van der Waals surface area contributed by atoms with Crippen molar-refractivity contribution >= 4 is 12.0 Å². The van der Waals surface area contributed by atoms with E-state index in [1.54, 1.807) is 0 Å². The van der Waals surface area contributed by atoms with Crippen LogP contribution in [0, 0.1) is 5.41 Å². The zero-order valence-corrected chi connectivity index (χ0v) is 12.1. The topological polar surface area (TPSA) is 93.2 Å². The summed E-state index contributed by atoms with van der Waals surface area (Å²) in [5.74, 6) is -0.368. The summed E-state index contributed by atoms with van der Waals surface area (Å²) in [4.78, 5) is 20.1. The van der Waals surface area contributed by atoms with E-state index in [0.29, 0.717) is 6.42 Å². The maximum atomic E-state index is 11.8. The number of rotatable bonds is 5. The molecule has 2 rings (SSSR count). The molecule has 5 heteroatoms. The number of isocyanates is 1. The fourth-order valence-electron chi connectivity index (χ4n) is 1.79. The van der Waals surface area contributed by atoms with Crippen LogP contribution in [0.25, 0.3) is 0 Å². The molecule has 0 aliphatic heterocycles. The average Bonchev–Trinajstić information content (AvgIpc) is 2.55. The maximum absolute atomic E-state index is 11.8. The fourth-order valence-corrected chi connectivity index (χ4v) is 1.79. The first-order valence-electron chi connectivity index (χ1n) is 6.71. The summed E-state index contributed by atoms with van der Waals surface area (Å²) in [5.41, 5.74) is 7.83. The average molecular weight is 298 g/mol. The summed E-state index contributed by atoms with van der Waals surface area (Å²) >= 11 is 0. The van der Waals surface area contributed by atoms with Crippen molar-refractivity contribution in [3.05, 3.63) is 71.8 Å². The van der Waals surface area contributed by atoms with Crippen LogP contribution in [0.4, 0.5) is 0 Å². The Balaban J connectivity index is 0.000000745. The molecule has 0 aliphatic rings.